The van der Waals surface area contributed by atoms with Gasteiger partial charge in [0.1, 0.15) is 0 Å². The van der Waals surface area contributed by atoms with E-state index in [1.54, 1.807) is 23.5 Å². The zero-order valence-corrected chi connectivity index (χ0v) is 12.9. The van der Waals surface area contributed by atoms with Gasteiger partial charge in [-0.25, -0.2) is 4.98 Å². The zero-order chi connectivity index (χ0) is 16.1. The molecule has 7 nitrogen and oxygen atoms in total. The maximum absolute atomic E-state index is 13.0. The van der Waals surface area contributed by atoms with E-state index in [2.05, 4.69) is 9.98 Å². The Kier molecular flexibility index (Phi) is 2.90. The van der Waals surface area contributed by atoms with Crippen LogP contribution in [-0.2, 0) is 20.0 Å². The molecule has 1 atom stereocenters. The summed E-state index contributed by atoms with van der Waals surface area (Å²) in [5.74, 6) is 0.123. The average Bonchev–Trinajstić information content (AvgIpc) is 2.85. The Bertz CT molecular complexity index is 840. The molecule has 2 aliphatic rings. The highest BCUT2D eigenvalue weighted by atomic mass is 16.5. The molecule has 7 heteroatoms. The van der Waals surface area contributed by atoms with E-state index in [-0.39, 0.29) is 23.4 Å². The molecule has 0 radical (unpaired) electrons. The highest BCUT2D eigenvalue weighted by Crippen LogP contribution is 2.37. The van der Waals surface area contributed by atoms with Gasteiger partial charge in [-0.3, -0.25) is 9.79 Å². The molecule has 2 aromatic rings. The molecule has 0 aliphatic carbocycles. The van der Waals surface area contributed by atoms with Crippen molar-refractivity contribution in [1.82, 2.24) is 14.5 Å². The SMILES string of the molecule is COc1cc2c(cc1O)N=C[C@@H]1Cc3ncn(C)c3CN1C2=O. The Morgan fingerprint density at radius 3 is 3.00 bits per heavy atom. The molecule has 1 N–H and O–H groups in total. The molecular weight excluding hydrogens is 296 g/mol. The second-order valence-corrected chi connectivity index (χ2v) is 5.77. The van der Waals surface area contributed by atoms with Crippen molar-refractivity contribution in [3.63, 3.8) is 0 Å². The number of aromatic nitrogens is 2. The van der Waals surface area contributed by atoms with Crippen molar-refractivity contribution >= 4 is 17.8 Å². The summed E-state index contributed by atoms with van der Waals surface area (Å²) < 4.78 is 7.06. The highest BCUT2D eigenvalue weighted by Gasteiger charge is 2.34. The summed E-state index contributed by atoms with van der Waals surface area (Å²) in [7, 11) is 3.38. The third kappa shape index (κ3) is 2.00. The minimum atomic E-state index is -0.134. The quantitative estimate of drug-likeness (QED) is 0.863. The number of benzene rings is 1. The summed E-state index contributed by atoms with van der Waals surface area (Å²) in [4.78, 5) is 23.6. The Hall–Kier alpha value is -2.83. The Morgan fingerprint density at radius 1 is 1.39 bits per heavy atom. The van der Waals surface area contributed by atoms with E-state index in [0.29, 0.717) is 24.2 Å². The van der Waals surface area contributed by atoms with E-state index in [0.717, 1.165) is 11.4 Å². The van der Waals surface area contributed by atoms with Crippen molar-refractivity contribution in [2.75, 3.05) is 7.11 Å². The fourth-order valence-corrected chi connectivity index (χ4v) is 3.14. The number of aryl methyl sites for hydroxylation is 1. The molecule has 3 heterocycles. The molecule has 1 aromatic heterocycles. The van der Waals surface area contributed by atoms with E-state index in [1.165, 1.54) is 13.2 Å². The van der Waals surface area contributed by atoms with Crippen LogP contribution in [0.5, 0.6) is 11.5 Å². The second-order valence-electron chi connectivity index (χ2n) is 5.77. The number of rotatable bonds is 1. The van der Waals surface area contributed by atoms with Crippen molar-refractivity contribution in [3.05, 3.63) is 35.4 Å². The van der Waals surface area contributed by atoms with Crippen molar-refractivity contribution in [1.29, 1.82) is 0 Å². The summed E-state index contributed by atoms with van der Waals surface area (Å²) >= 11 is 0. The molecule has 0 saturated carbocycles. The van der Waals surface area contributed by atoms with Gasteiger partial charge in [0.05, 0.1) is 48.7 Å². The number of ether oxygens (including phenoxy) is 1. The lowest BCUT2D eigenvalue weighted by Crippen LogP contribution is -2.45. The van der Waals surface area contributed by atoms with Gasteiger partial charge in [0.2, 0.25) is 0 Å². The number of hydrogen-bond donors (Lipinski definition) is 1. The third-order valence-electron chi connectivity index (χ3n) is 4.44. The summed E-state index contributed by atoms with van der Waals surface area (Å²) in [6, 6.07) is 2.88. The van der Waals surface area contributed by atoms with Crippen molar-refractivity contribution in [2.24, 2.45) is 12.0 Å². The minimum Gasteiger partial charge on any atom is -0.504 e. The van der Waals surface area contributed by atoms with E-state index in [9.17, 15) is 9.90 Å². The Morgan fingerprint density at radius 2 is 2.22 bits per heavy atom. The first-order valence-electron chi connectivity index (χ1n) is 7.33. The number of nitrogens with zero attached hydrogens (tertiary/aromatic N) is 4. The van der Waals surface area contributed by atoms with Crippen LogP contribution in [0.2, 0.25) is 0 Å². The van der Waals surface area contributed by atoms with Crippen LogP contribution in [0.3, 0.4) is 0 Å². The normalized spacial score (nSPS) is 19.0. The number of phenols is 1. The van der Waals surface area contributed by atoms with Crippen LogP contribution >= 0.6 is 0 Å². The maximum atomic E-state index is 13.0. The third-order valence-corrected chi connectivity index (χ3v) is 4.44. The standard InChI is InChI=1S/C16H16N4O3/c1-19-8-18-12-3-9-6-17-11-5-14(21)15(23-2)4-10(11)16(22)20(9)7-13(12)19/h4-6,8-9,21H,3,7H2,1-2H3/t9-/m0/s1. The van der Waals surface area contributed by atoms with Gasteiger partial charge in [-0.05, 0) is 6.07 Å². The number of aliphatic imine (C=N–C) groups is 1. The molecule has 0 bridgehead atoms. The van der Waals surface area contributed by atoms with Crippen LogP contribution < -0.4 is 4.74 Å². The molecular formula is C16H16N4O3. The average molecular weight is 312 g/mol. The van der Waals surface area contributed by atoms with E-state index < -0.39 is 0 Å². The van der Waals surface area contributed by atoms with Crippen molar-refractivity contribution in [2.45, 2.75) is 19.0 Å². The minimum absolute atomic E-state index is 0.0268. The van der Waals surface area contributed by atoms with Gasteiger partial charge in [-0.2, -0.15) is 0 Å². The number of imidazole rings is 1. The number of fused-ring (bicyclic) bond motifs is 3. The topological polar surface area (TPSA) is 80.0 Å². The summed E-state index contributed by atoms with van der Waals surface area (Å²) in [5.41, 5.74) is 2.93. The van der Waals surface area contributed by atoms with Gasteiger partial charge in [-0.15, -0.1) is 0 Å². The number of amides is 1. The van der Waals surface area contributed by atoms with Gasteiger partial charge in [0.25, 0.3) is 5.91 Å². The first-order valence-corrected chi connectivity index (χ1v) is 7.33. The highest BCUT2D eigenvalue weighted by molar-refractivity contribution is 6.03. The van der Waals surface area contributed by atoms with Gasteiger partial charge < -0.3 is 19.3 Å². The van der Waals surface area contributed by atoms with Crippen LogP contribution in [-0.4, -0.2) is 44.8 Å². The molecule has 4 rings (SSSR count). The number of carbonyl (C=O) groups is 1. The fraction of sp³-hybridized carbons (Fsp3) is 0.312. The van der Waals surface area contributed by atoms with E-state index in [1.807, 2.05) is 11.6 Å². The molecule has 23 heavy (non-hydrogen) atoms. The predicted octanol–water partition coefficient (Wildman–Crippen LogP) is 1.42. The Labute approximate surface area is 132 Å². The zero-order valence-electron chi connectivity index (χ0n) is 12.9. The van der Waals surface area contributed by atoms with E-state index in [4.69, 9.17) is 4.74 Å². The lowest BCUT2D eigenvalue weighted by Gasteiger charge is -2.32. The number of hydrogen-bond acceptors (Lipinski definition) is 5. The summed E-state index contributed by atoms with van der Waals surface area (Å²) in [6.07, 6.45) is 4.17. The molecule has 2 aliphatic heterocycles. The van der Waals surface area contributed by atoms with Gasteiger partial charge in [0.15, 0.2) is 11.5 Å². The fourth-order valence-electron chi connectivity index (χ4n) is 3.14. The second kappa shape index (κ2) is 4.84. The lowest BCUT2D eigenvalue weighted by molar-refractivity contribution is 0.0698. The predicted molar refractivity (Wildman–Crippen MR) is 83.4 cm³/mol. The molecule has 0 unspecified atom stereocenters. The Balaban J connectivity index is 1.81. The first-order chi connectivity index (χ1) is 11.1. The monoisotopic (exact) mass is 312 g/mol. The molecule has 0 saturated heterocycles. The van der Waals surface area contributed by atoms with Gasteiger partial charge >= 0.3 is 0 Å². The molecule has 1 aromatic carbocycles. The molecule has 1 amide bonds. The number of phenolic OH excluding ortho intramolecular Hbond substituents is 1. The van der Waals surface area contributed by atoms with Crippen molar-refractivity contribution < 1.29 is 14.6 Å². The largest absolute Gasteiger partial charge is 0.504 e. The first kappa shape index (κ1) is 13.8. The smallest absolute Gasteiger partial charge is 0.257 e. The number of aromatic hydroxyl groups is 1. The van der Waals surface area contributed by atoms with Crippen LogP contribution in [0.25, 0.3) is 0 Å². The number of carbonyl (C=O) groups excluding carboxylic acids is 1. The van der Waals surface area contributed by atoms with E-state index >= 15 is 0 Å². The van der Waals surface area contributed by atoms with Crippen LogP contribution in [0, 0.1) is 0 Å². The summed E-state index contributed by atoms with van der Waals surface area (Å²) in [6.45, 7) is 0.490. The van der Waals surface area contributed by atoms with Crippen LogP contribution in [0.4, 0.5) is 5.69 Å². The summed E-state index contributed by atoms with van der Waals surface area (Å²) in [5, 5.41) is 9.91. The van der Waals surface area contributed by atoms with Crippen molar-refractivity contribution in [3.8, 4) is 11.5 Å². The van der Waals surface area contributed by atoms with Gasteiger partial charge in [0, 0.05) is 25.7 Å². The van der Waals surface area contributed by atoms with Gasteiger partial charge in [-0.1, -0.05) is 0 Å². The van der Waals surface area contributed by atoms with Crippen LogP contribution in [0.15, 0.2) is 23.5 Å². The molecule has 0 fully saturated rings. The molecule has 0 spiro atoms. The maximum Gasteiger partial charge on any atom is 0.257 e. The molecule has 118 valence electrons. The van der Waals surface area contributed by atoms with Crippen LogP contribution in [0.1, 0.15) is 21.7 Å². The lowest BCUT2D eigenvalue weighted by atomic mass is 10.0. The number of methoxy groups -OCH3 is 1.